The van der Waals surface area contributed by atoms with Gasteiger partial charge in [-0.25, -0.2) is 4.98 Å². The molecule has 0 saturated heterocycles. The number of ether oxygens (including phenoxy) is 2. The third-order valence-electron chi connectivity index (χ3n) is 3.45. The van der Waals surface area contributed by atoms with Crippen LogP contribution in [0.2, 0.25) is 0 Å². The number of amides is 1. The number of thiazole rings is 1. The lowest BCUT2D eigenvalue weighted by atomic mass is 9.92. The molecule has 2 atom stereocenters. The number of aromatic nitrogens is 1. The molecule has 0 aromatic carbocycles. The van der Waals surface area contributed by atoms with E-state index in [-0.39, 0.29) is 18.1 Å². The second kappa shape index (κ2) is 6.98. The Hall–Kier alpha value is -0.980. The smallest absolute Gasteiger partial charge is 0.263 e. The summed E-state index contributed by atoms with van der Waals surface area (Å²) < 4.78 is 10.5. The average molecular weight is 284 g/mol. The minimum Gasteiger partial charge on any atom is -0.379 e. The predicted octanol–water partition coefficient (Wildman–Crippen LogP) is 1.98. The van der Waals surface area contributed by atoms with Crippen molar-refractivity contribution in [3.8, 4) is 0 Å². The molecule has 2 rings (SSSR count). The largest absolute Gasteiger partial charge is 0.379 e. The monoisotopic (exact) mass is 284 g/mol. The molecule has 106 valence electrons. The Bertz CT molecular complexity index is 422. The van der Waals surface area contributed by atoms with Gasteiger partial charge in [-0.05, 0) is 12.8 Å². The first kappa shape index (κ1) is 14.4. The quantitative estimate of drug-likeness (QED) is 0.898. The SMILES string of the molecule is COCc1ncsc1C(=O)N[C@H]1CCCC[C@@H]1OC. The summed E-state index contributed by atoms with van der Waals surface area (Å²) in [6.45, 7) is 0.366. The third-order valence-corrected chi connectivity index (χ3v) is 4.32. The summed E-state index contributed by atoms with van der Waals surface area (Å²) in [7, 11) is 3.31. The highest BCUT2D eigenvalue weighted by Crippen LogP contribution is 2.22. The van der Waals surface area contributed by atoms with Crippen LogP contribution >= 0.6 is 11.3 Å². The fourth-order valence-corrected chi connectivity index (χ4v) is 3.17. The number of rotatable bonds is 5. The van der Waals surface area contributed by atoms with Crippen LogP contribution in [0.3, 0.4) is 0 Å². The van der Waals surface area contributed by atoms with E-state index in [0.29, 0.717) is 17.2 Å². The minimum atomic E-state index is -0.0662. The normalized spacial score (nSPS) is 23.3. The molecule has 19 heavy (non-hydrogen) atoms. The Balaban J connectivity index is 2.01. The van der Waals surface area contributed by atoms with Crippen LogP contribution in [0.5, 0.6) is 0 Å². The second-order valence-electron chi connectivity index (χ2n) is 4.70. The van der Waals surface area contributed by atoms with Crippen molar-refractivity contribution in [2.75, 3.05) is 14.2 Å². The van der Waals surface area contributed by atoms with E-state index in [2.05, 4.69) is 10.3 Å². The molecule has 0 radical (unpaired) electrons. The van der Waals surface area contributed by atoms with Crippen molar-refractivity contribution in [2.24, 2.45) is 0 Å². The molecule has 1 N–H and O–H groups in total. The Morgan fingerprint density at radius 2 is 2.26 bits per heavy atom. The van der Waals surface area contributed by atoms with E-state index < -0.39 is 0 Å². The van der Waals surface area contributed by atoms with Gasteiger partial charge in [0.25, 0.3) is 5.91 Å². The van der Waals surface area contributed by atoms with Gasteiger partial charge in [-0.1, -0.05) is 12.8 Å². The van der Waals surface area contributed by atoms with Crippen molar-refractivity contribution >= 4 is 17.2 Å². The van der Waals surface area contributed by atoms with Gasteiger partial charge < -0.3 is 14.8 Å². The highest BCUT2D eigenvalue weighted by molar-refractivity contribution is 7.11. The Labute approximate surface area is 117 Å². The van der Waals surface area contributed by atoms with Gasteiger partial charge in [-0.3, -0.25) is 4.79 Å². The van der Waals surface area contributed by atoms with E-state index in [1.807, 2.05) is 0 Å². The van der Waals surface area contributed by atoms with Crippen LogP contribution in [0.25, 0.3) is 0 Å². The Morgan fingerprint density at radius 1 is 1.47 bits per heavy atom. The number of carbonyl (C=O) groups is 1. The van der Waals surface area contributed by atoms with Gasteiger partial charge in [0, 0.05) is 14.2 Å². The highest BCUT2D eigenvalue weighted by Gasteiger charge is 2.27. The molecule has 1 heterocycles. The highest BCUT2D eigenvalue weighted by atomic mass is 32.1. The summed E-state index contributed by atoms with van der Waals surface area (Å²) in [6, 6.07) is 0.101. The molecule has 1 aliphatic carbocycles. The first-order valence-corrected chi connectivity index (χ1v) is 7.39. The molecule has 5 nitrogen and oxygen atoms in total. The van der Waals surface area contributed by atoms with Crippen molar-refractivity contribution in [3.05, 3.63) is 16.1 Å². The standard InChI is InChI=1S/C13H20N2O3S/c1-17-7-10-12(19-8-14-10)13(16)15-9-5-3-4-6-11(9)18-2/h8-9,11H,3-7H2,1-2H3,(H,15,16)/t9-,11-/m0/s1. The topological polar surface area (TPSA) is 60.5 Å². The van der Waals surface area contributed by atoms with Crippen LogP contribution < -0.4 is 5.32 Å². The van der Waals surface area contributed by atoms with Crippen LogP contribution in [-0.2, 0) is 16.1 Å². The summed E-state index contributed by atoms with van der Waals surface area (Å²) in [4.78, 5) is 17.1. The van der Waals surface area contributed by atoms with Crippen molar-refractivity contribution in [1.82, 2.24) is 10.3 Å². The van der Waals surface area contributed by atoms with Crippen LogP contribution in [-0.4, -0.2) is 37.3 Å². The fourth-order valence-electron chi connectivity index (χ4n) is 2.47. The van der Waals surface area contributed by atoms with Gasteiger partial charge in [0.1, 0.15) is 4.88 Å². The number of hydrogen-bond acceptors (Lipinski definition) is 5. The summed E-state index contributed by atoms with van der Waals surface area (Å²) in [5, 5.41) is 3.07. The van der Waals surface area contributed by atoms with Gasteiger partial charge in [0.15, 0.2) is 0 Å². The van der Waals surface area contributed by atoms with E-state index in [0.717, 1.165) is 19.3 Å². The van der Waals surface area contributed by atoms with E-state index in [9.17, 15) is 4.79 Å². The van der Waals surface area contributed by atoms with Gasteiger partial charge in [0.05, 0.1) is 30.0 Å². The number of carbonyl (C=O) groups excluding carboxylic acids is 1. The van der Waals surface area contributed by atoms with E-state index in [1.54, 1.807) is 19.7 Å². The molecule has 6 heteroatoms. The lowest BCUT2D eigenvalue weighted by Crippen LogP contribution is -2.45. The molecule has 0 aliphatic heterocycles. The molecular weight excluding hydrogens is 264 g/mol. The Kier molecular flexibility index (Phi) is 5.30. The molecule has 1 aromatic rings. The zero-order valence-corrected chi connectivity index (χ0v) is 12.2. The molecule has 0 spiro atoms. The molecule has 1 fully saturated rings. The van der Waals surface area contributed by atoms with Crippen LogP contribution in [0.4, 0.5) is 0 Å². The Morgan fingerprint density at radius 3 is 3.00 bits per heavy atom. The van der Waals surface area contributed by atoms with Crippen molar-refractivity contribution < 1.29 is 14.3 Å². The zero-order chi connectivity index (χ0) is 13.7. The van der Waals surface area contributed by atoms with Gasteiger partial charge >= 0.3 is 0 Å². The molecule has 0 unspecified atom stereocenters. The second-order valence-corrected chi connectivity index (χ2v) is 5.55. The summed E-state index contributed by atoms with van der Waals surface area (Å²) in [5.74, 6) is -0.0662. The maximum atomic E-state index is 12.3. The summed E-state index contributed by atoms with van der Waals surface area (Å²) in [6.07, 6.45) is 4.41. The van der Waals surface area contributed by atoms with Crippen molar-refractivity contribution in [3.63, 3.8) is 0 Å². The predicted molar refractivity (Wildman–Crippen MR) is 73.3 cm³/mol. The molecule has 1 amide bonds. The van der Waals surface area contributed by atoms with E-state index in [1.165, 1.54) is 17.8 Å². The number of methoxy groups -OCH3 is 2. The first-order chi connectivity index (χ1) is 9.26. The van der Waals surface area contributed by atoms with Crippen LogP contribution in [0, 0.1) is 0 Å². The maximum absolute atomic E-state index is 12.3. The fraction of sp³-hybridized carbons (Fsp3) is 0.692. The number of hydrogen-bond donors (Lipinski definition) is 1. The maximum Gasteiger partial charge on any atom is 0.263 e. The number of nitrogens with one attached hydrogen (secondary N) is 1. The molecule has 1 saturated carbocycles. The van der Waals surface area contributed by atoms with Crippen LogP contribution in [0.15, 0.2) is 5.51 Å². The van der Waals surface area contributed by atoms with Crippen LogP contribution in [0.1, 0.15) is 41.0 Å². The molecule has 1 aromatic heterocycles. The minimum absolute atomic E-state index is 0.0662. The summed E-state index contributed by atoms with van der Waals surface area (Å²) in [5.41, 5.74) is 2.38. The lowest BCUT2D eigenvalue weighted by Gasteiger charge is -2.30. The molecular formula is C13H20N2O3S. The van der Waals surface area contributed by atoms with Gasteiger partial charge in [-0.2, -0.15) is 0 Å². The van der Waals surface area contributed by atoms with Gasteiger partial charge in [-0.15, -0.1) is 11.3 Å². The van der Waals surface area contributed by atoms with Crippen molar-refractivity contribution in [2.45, 2.75) is 44.4 Å². The molecule has 0 bridgehead atoms. The van der Waals surface area contributed by atoms with E-state index in [4.69, 9.17) is 9.47 Å². The van der Waals surface area contributed by atoms with E-state index >= 15 is 0 Å². The number of nitrogens with zero attached hydrogens (tertiary/aromatic N) is 1. The lowest BCUT2D eigenvalue weighted by molar-refractivity contribution is 0.0393. The third kappa shape index (κ3) is 3.52. The zero-order valence-electron chi connectivity index (χ0n) is 11.3. The van der Waals surface area contributed by atoms with Crippen molar-refractivity contribution in [1.29, 1.82) is 0 Å². The average Bonchev–Trinajstić information content (AvgIpc) is 2.88. The van der Waals surface area contributed by atoms with Gasteiger partial charge in [0.2, 0.25) is 0 Å². The molecule has 1 aliphatic rings. The summed E-state index contributed by atoms with van der Waals surface area (Å²) >= 11 is 1.35. The first-order valence-electron chi connectivity index (χ1n) is 6.51.